The number of ether oxygens (including phenoxy) is 1. The number of nitrogens with one attached hydrogen (secondary N) is 2. The highest BCUT2D eigenvalue weighted by molar-refractivity contribution is 5.92. The van der Waals surface area contributed by atoms with Gasteiger partial charge in [-0.2, -0.15) is 0 Å². The van der Waals surface area contributed by atoms with Gasteiger partial charge in [0.2, 0.25) is 5.91 Å². The second kappa shape index (κ2) is 9.61. The van der Waals surface area contributed by atoms with Crippen LogP contribution in [0.15, 0.2) is 48.5 Å². The fourth-order valence-electron chi connectivity index (χ4n) is 2.59. The number of hydrogen-bond donors (Lipinski definition) is 2. The smallest absolute Gasteiger partial charge is 0.338 e. The highest BCUT2D eigenvalue weighted by Gasteiger charge is 2.09. The van der Waals surface area contributed by atoms with Crippen molar-refractivity contribution in [3.8, 4) is 0 Å². The van der Waals surface area contributed by atoms with E-state index in [9.17, 15) is 9.59 Å². The second-order valence-corrected chi connectivity index (χ2v) is 6.26. The molecule has 0 spiro atoms. The lowest BCUT2D eigenvalue weighted by Crippen LogP contribution is -2.17. The first-order valence-electron chi connectivity index (χ1n) is 8.91. The molecule has 5 nitrogen and oxygen atoms in total. The van der Waals surface area contributed by atoms with Gasteiger partial charge in [-0.3, -0.25) is 4.79 Å². The fourth-order valence-corrected chi connectivity index (χ4v) is 2.59. The molecule has 5 heteroatoms. The second-order valence-electron chi connectivity index (χ2n) is 6.26. The van der Waals surface area contributed by atoms with Crippen LogP contribution >= 0.6 is 0 Å². The number of anilines is 2. The van der Waals surface area contributed by atoms with E-state index < -0.39 is 0 Å². The molecule has 0 aliphatic rings. The van der Waals surface area contributed by atoms with Gasteiger partial charge in [0.15, 0.2) is 0 Å². The third-order valence-corrected chi connectivity index (χ3v) is 3.93. The molecule has 2 aromatic rings. The Morgan fingerprint density at radius 3 is 2.38 bits per heavy atom. The van der Waals surface area contributed by atoms with Crippen LogP contribution in [0.2, 0.25) is 0 Å². The van der Waals surface area contributed by atoms with Crippen molar-refractivity contribution in [2.75, 3.05) is 23.8 Å². The molecule has 0 radical (unpaired) electrons. The van der Waals surface area contributed by atoms with Crippen LogP contribution in [-0.4, -0.2) is 25.0 Å². The highest BCUT2D eigenvalue weighted by Crippen LogP contribution is 2.23. The molecule has 0 atom stereocenters. The van der Waals surface area contributed by atoms with E-state index in [0.29, 0.717) is 31.1 Å². The van der Waals surface area contributed by atoms with Crippen LogP contribution in [0.5, 0.6) is 0 Å². The molecular formula is C21H26N2O3. The van der Waals surface area contributed by atoms with E-state index in [2.05, 4.69) is 24.5 Å². The first-order valence-corrected chi connectivity index (χ1v) is 8.91. The highest BCUT2D eigenvalue weighted by atomic mass is 16.5. The zero-order valence-corrected chi connectivity index (χ0v) is 15.5. The van der Waals surface area contributed by atoms with Crippen LogP contribution in [0, 0.1) is 0 Å². The van der Waals surface area contributed by atoms with Crippen LogP contribution in [0.4, 0.5) is 11.4 Å². The lowest BCUT2D eigenvalue weighted by molar-refractivity contribution is -0.115. The lowest BCUT2D eigenvalue weighted by atomic mass is 10.0. The van der Waals surface area contributed by atoms with Crippen molar-refractivity contribution < 1.29 is 14.3 Å². The molecule has 0 aliphatic heterocycles. The Kier molecular flexibility index (Phi) is 7.21. The molecule has 0 heterocycles. The van der Waals surface area contributed by atoms with E-state index in [1.165, 1.54) is 0 Å². The normalized spacial score (nSPS) is 10.5. The third-order valence-electron chi connectivity index (χ3n) is 3.93. The Morgan fingerprint density at radius 2 is 1.73 bits per heavy atom. The van der Waals surface area contributed by atoms with Crippen molar-refractivity contribution in [2.24, 2.45) is 0 Å². The van der Waals surface area contributed by atoms with Gasteiger partial charge in [0.05, 0.1) is 12.2 Å². The first kappa shape index (κ1) is 19.5. The van der Waals surface area contributed by atoms with E-state index in [1.807, 2.05) is 24.3 Å². The van der Waals surface area contributed by atoms with Crippen molar-refractivity contribution in [1.29, 1.82) is 0 Å². The summed E-state index contributed by atoms with van der Waals surface area (Å²) in [7, 11) is 0. The number of esters is 1. The molecule has 26 heavy (non-hydrogen) atoms. The molecule has 0 bridgehead atoms. The van der Waals surface area contributed by atoms with Gasteiger partial charge in [0.25, 0.3) is 0 Å². The maximum Gasteiger partial charge on any atom is 0.338 e. The molecule has 2 rings (SSSR count). The molecule has 0 fully saturated rings. The molecule has 1 amide bonds. The minimum atomic E-state index is -0.331. The summed E-state index contributed by atoms with van der Waals surface area (Å²) < 4.78 is 4.95. The summed E-state index contributed by atoms with van der Waals surface area (Å²) in [4.78, 5) is 23.8. The van der Waals surface area contributed by atoms with Gasteiger partial charge in [-0.25, -0.2) is 4.79 Å². The number of carbonyl (C=O) groups excluding carboxylic acids is 2. The van der Waals surface area contributed by atoms with Crippen molar-refractivity contribution in [3.05, 3.63) is 59.7 Å². The Balaban J connectivity index is 1.82. The topological polar surface area (TPSA) is 67.4 Å². The summed E-state index contributed by atoms with van der Waals surface area (Å²) in [5, 5.41) is 6.16. The summed E-state index contributed by atoms with van der Waals surface area (Å²) in [6, 6.07) is 14.9. The zero-order chi connectivity index (χ0) is 18.9. The first-order chi connectivity index (χ1) is 12.5. The van der Waals surface area contributed by atoms with Gasteiger partial charge in [-0.15, -0.1) is 0 Å². The minimum Gasteiger partial charge on any atom is -0.462 e. The molecule has 0 aromatic heterocycles. The predicted octanol–water partition coefficient (Wildman–Crippen LogP) is 4.43. The minimum absolute atomic E-state index is 0.0336. The molecule has 0 saturated carbocycles. The fraction of sp³-hybridized carbons (Fsp3) is 0.333. The van der Waals surface area contributed by atoms with Crippen LogP contribution in [0.1, 0.15) is 49.0 Å². The van der Waals surface area contributed by atoms with E-state index >= 15 is 0 Å². The number of para-hydroxylation sites is 1. The largest absolute Gasteiger partial charge is 0.462 e. The molecule has 138 valence electrons. The monoisotopic (exact) mass is 354 g/mol. The molecule has 0 unspecified atom stereocenters. The SMILES string of the molecule is CCOC(=O)c1ccc(NCCC(=O)Nc2ccccc2C(C)C)cc1. The maximum absolute atomic E-state index is 12.2. The standard InChI is InChI=1S/C21H26N2O3/c1-4-26-21(25)16-9-11-17(12-10-16)22-14-13-20(24)23-19-8-6-5-7-18(19)15(2)3/h5-12,15,22H,4,13-14H2,1-3H3,(H,23,24). The Labute approximate surface area is 154 Å². The van der Waals surface area contributed by atoms with E-state index in [1.54, 1.807) is 31.2 Å². The van der Waals surface area contributed by atoms with Crippen molar-refractivity contribution in [2.45, 2.75) is 33.1 Å². The molecule has 0 saturated heterocycles. The molecule has 2 aromatic carbocycles. The number of benzene rings is 2. The van der Waals surface area contributed by atoms with Crippen LogP contribution in [0.3, 0.4) is 0 Å². The quantitative estimate of drug-likeness (QED) is 0.688. The number of carbonyl (C=O) groups is 2. The van der Waals surface area contributed by atoms with Gasteiger partial charge in [0, 0.05) is 24.3 Å². The van der Waals surface area contributed by atoms with Gasteiger partial charge in [-0.05, 0) is 48.7 Å². The lowest BCUT2D eigenvalue weighted by Gasteiger charge is -2.14. The van der Waals surface area contributed by atoms with E-state index in [4.69, 9.17) is 4.74 Å². The van der Waals surface area contributed by atoms with E-state index in [-0.39, 0.29) is 11.9 Å². The predicted molar refractivity (Wildman–Crippen MR) is 105 cm³/mol. The van der Waals surface area contributed by atoms with E-state index in [0.717, 1.165) is 16.9 Å². The number of hydrogen-bond acceptors (Lipinski definition) is 4. The summed E-state index contributed by atoms with van der Waals surface area (Å²) in [6.45, 7) is 6.85. The van der Waals surface area contributed by atoms with Crippen molar-refractivity contribution in [1.82, 2.24) is 0 Å². The average molecular weight is 354 g/mol. The van der Waals surface area contributed by atoms with Gasteiger partial charge >= 0.3 is 5.97 Å². The van der Waals surface area contributed by atoms with Crippen LogP contribution < -0.4 is 10.6 Å². The van der Waals surface area contributed by atoms with Gasteiger partial charge in [-0.1, -0.05) is 32.0 Å². The summed E-state index contributed by atoms with van der Waals surface area (Å²) >= 11 is 0. The van der Waals surface area contributed by atoms with Crippen LogP contribution in [0.25, 0.3) is 0 Å². The number of amides is 1. The summed E-state index contributed by atoms with van der Waals surface area (Å²) in [5.74, 6) is -0.0153. The van der Waals surface area contributed by atoms with Crippen molar-refractivity contribution >= 4 is 23.3 Å². The third kappa shape index (κ3) is 5.62. The molecule has 0 aliphatic carbocycles. The Bertz CT molecular complexity index is 739. The Morgan fingerprint density at radius 1 is 1.04 bits per heavy atom. The Hall–Kier alpha value is -2.82. The summed E-state index contributed by atoms with van der Waals surface area (Å²) in [6.07, 6.45) is 0.353. The van der Waals surface area contributed by atoms with Crippen LogP contribution in [-0.2, 0) is 9.53 Å². The zero-order valence-electron chi connectivity index (χ0n) is 15.5. The maximum atomic E-state index is 12.2. The summed E-state index contributed by atoms with van der Waals surface area (Å²) in [5.41, 5.74) is 3.36. The molecular weight excluding hydrogens is 328 g/mol. The van der Waals surface area contributed by atoms with Crippen molar-refractivity contribution in [3.63, 3.8) is 0 Å². The molecule has 2 N–H and O–H groups in total. The van der Waals surface area contributed by atoms with Gasteiger partial charge < -0.3 is 15.4 Å². The van der Waals surface area contributed by atoms with Gasteiger partial charge in [0.1, 0.15) is 0 Å². The average Bonchev–Trinajstić information content (AvgIpc) is 2.62. The number of rotatable bonds is 8.